The molecular weight excluding hydrogens is 414 g/mol. The molecule has 32 heavy (non-hydrogen) atoms. The molecule has 6 nitrogen and oxygen atoms in total. The number of fused-ring (bicyclic) bond motifs is 1. The maximum absolute atomic E-state index is 14.6. The van der Waals surface area contributed by atoms with Crippen molar-refractivity contribution in [2.45, 2.75) is 46.7 Å². The van der Waals surface area contributed by atoms with Crippen LogP contribution in [0.1, 0.15) is 49.8 Å². The van der Waals surface area contributed by atoms with Crippen molar-refractivity contribution >= 4 is 11.7 Å². The van der Waals surface area contributed by atoms with Crippen molar-refractivity contribution in [1.82, 2.24) is 19.4 Å². The summed E-state index contributed by atoms with van der Waals surface area (Å²) in [5, 5.41) is 0. The Balaban J connectivity index is 2.08. The number of aromatic nitrogens is 2. The highest BCUT2D eigenvalue weighted by atomic mass is 19.1. The second kappa shape index (κ2) is 9.10. The average molecular weight is 447 g/mol. The van der Waals surface area contributed by atoms with E-state index in [0.29, 0.717) is 24.6 Å². The van der Waals surface area contributed by atoms with Crippen molar-refractivity contribution < 1.29 is 18.4 Å². The molecule has 1 aliphatic rings. The molecule has 0 bridgehead atoms. The number of rotatable bonds is 5. The fourth-order valence-corrected chi connectivity index (χ4v) is 4.18. The minimum Gasteiger partial charge on any atom is -0.349 e. The fourth-order valence-electron chi connectivity index (χ4n) is 4.18. The van der Waals surface area contributed by atoms with E-state index in [1.807, 2.05) is 32.4 Å². The highest BCUT2D eigenvalue weighted by Crippen LogP contribution is 2.33. The van der Waals surface area contributed by atoms with Gasteiger partial charge in [-0.3, -0.25) is 9.59 Å². The van der Waals surface area contributed by atoms with E-state index in [1.54, 1.807) is 14.1 Å². The topological polar surface area (TPSA) is 58.4 Å². The van der Waals surface area contributed by atoms with Gasteiger partial charge in [0.25, 0.3) is 0 Å². The van der Waals surface area contributed by atoms with Crippen LogP contribution in [0.3, 0.4) is 0 Å². The van der Waals surface area contributed by atoms with Crippen LogP contribution in [0.5, 0.6) is 0 Å². The van der Waals surface area contributed by atoms with E-state index < -0.39 is 23.0 Å². The normalized spacial score (nSPS) is 15.8. The van der Waals surface area contributed by atoms with Crippen LogP contribution in [0.25, 0.3) is 11.4 Å². The summed E-state index contributed by atoms with van der Waals surface area (Å²) in [4.78, 5) is 34.5. The lowest BCUT2D eigenvalue weighted by atomic mass is 9.76. The summed E-state index contributed by atoms with van der Waals surface area (Å²) in [5.41, 5.74) is 0.709. The van der Waals surface area contributed by atoms with Gasteiger partial charge in [0.15, 0.2) is 5.78 Å². The van der Waals surface area contributed by atoms with Crippen LogP contribution in [-0.2, 0) is 17.9 Å². The van der Waals surface area contributed by atoms with Gasteiger partial charge in [-0.15, -0.1) is 0 Å². The third kappa shape index (κ3) is 4.90. The van der Waals surface area contributed by atoms with Crippen LogP contribution in [0.2, 0.25) is 0 Å². The zero-order valence-electron chi connectivity index (χ0n) is 19.7. The molecule has 0 saturated carbocycles. The molecule has 1 aromatic carbocycles. The number of halogens is 2. The van der Waals surface area contributed by atoms with Crippen LogP contribution >= 0.6 is 0 Å². The highest BCUT2D eigenvalue weighted by Gasteiger charge is 2.36. The third-order valence-corrected chi connectivity index (χ3v) is 6.02. The van der Waals surface area contributed by atoms with E-state index in [1.165, 1.54) is 17.0 Å². The number of imidazole rings is 1. The molecule has 2 aromatic rings. The van der Waals surface area contributed by atoms with Gasteiger partial charge in [0.1, 0.15) is 23.2 Å². The predicted octanol–water partition coefficient (Wildman–Crippen LogP) is 3.99. The Morgan fingerprint density at radius 2 is 1.88 bits per heavy atom. The highest BCUT2D eigenvalue weighted by molar-refractivity contribution is 5.98. The summed E-state index contributed by atoms with van der Waals surface area (Å²) in [6.45, 7) is 7.70. The summed E-state index contributed by atoms with van der Waals surface area (Å²) in [5.74, 6) is -1.94. The first-order valence-corrected chi connectivity index (χ1v) is 10.9. The number of ketones is 1. The van der Waals surface area contributed by atoms with Crippen molar-refractivity contribution in [2.75, 3.05) is 27.7 Å². The van der Waals surface area contributed by atoms with E-state index in [2.05, 4.69) is 9.88 Å². The van der Waals surface area contributed by atoms with Crippen LogP contribution in [0, 0.1) is 23.0 Å². The van der Waals surface area contributed by atoms with Gasteiger partial charge in [-0.1, -0.05) is 20.8 Å². The Hall–Kier alpha value is -2.61. The summed E-state index contributed by atoms with van der Waals surface area (Å²) in [6.07, 6.45) is 0.826. The minimum absolute atomic E-state index is 0.0135. The van der Waals surface area contributed by atoms with Gasteiger partial charge in [-0.05, 0) is 37.6 Å². The molecule has 0 N–H and O–H groups in total. The number of nitrogens with zero attached hydrogens (tertiary/aromatic N) is 4. The lowest BCUT2D eigenvalue weighted by Gasteiger charge is -2.31. The zero-order chi connectivity index (χ0) is 23.8. The van der Waals surface area contributed by atoms with Crippen molar-refractivity contribution in [3.63, 3.8) is 0 Å². The van der Waals surface area contributed by atoms with E-state index in [-0.39, 0.29) is 29.4 Å². The Morgan fingerprint density at radius 1 is 1.19 bits per heavy atom. The van der Waals surface area contributed by atoms with Gasteiger partial charge in [0.05, 0.1) is 17.2 Å². The maximum atomic E-state index is 14.6. The molecule has 0 aliphatic carbocycles. The maximum Gasteiger partial charge on any atom is 0.226 e. The molecule has 3 rings (SSSR count). The number of benzene rings is 1. The number of Topliss-reactive ketones (excluding diaryl/α,β-unsaturated/α-hetero) is 1. The monoisotopic (exact) mass is 446 g/mol. The van der Waals surface area contributed by atoms with Gasteiger partial charge in [0.2, 0.25) is 5.91 Å². The number of carbonyl (C=O) groups is 2. The van der Waals surface area contributed by atoms with E-state index in [9.17, 15) is 18.4 Å². The first-order chi connectivity index (χ1) is 14.9. The zero-order valence-corrected chi connectivity index (χ0v) is 19.7. The van der Waals surface area contributed by atoms with Crippen molar-refractivity contribution in [3.8, 4) is 11.4 Å². The molecule has 2 heterocycles. The van der Waals surface area contributed by atoms with Crippen LogP contribution < -0.4 is 0 Å². The second-order valence-electron chi connectivity index (χ2n) is 9.88. The Labute approximate surface area is 188 Å². The van der Waals surface area contributed by atoms with E-state index >= 15 is 0 Å². The SMILES string of the molecule is CN1CCCn2c(-c3ccc(F)cc3F)nc(C(=O)C[C@H](C(=O)N(C)C)C(C)(C)C)c2C1. The van der Waals surface area contributed by atoms with Gasteiger partial charge in [0, 0.05) is 39.7 Å². The summed E-state index contributed by atoms with van der Waals surface area (Å²) >= 11 is 0. The second-order valence-corrected chi connectivity index (χ2v) is 9.88. The van der Waals surface area contributed by atoms with Gasteiger partial charge >= 0.3 is 0 Å². The molecule has 1 amide bonds. The predicted molar refractivity (Wildman–Crippen MR) is 119 cm³/mol. The van der Waals surface area contributed by atoms with Crippen molar-refractivity contribution in [2.24, 2.45) is 11.3 Å². The number of amides is 1. The molecule has 174 valence electrons. The number of carbonyl (C=O) groups excluding carboxylic acids is 2. The standard InChI is InChI=1S/C24H32F2N4O2/c1-24(2,3)17(23(32)28(4)5)13-20(31)21-19-14-29(6)10-7-11-30(19)22(27-21)16-9-8-15(25)12-18(16)26/h8-9,12,17H,7,10-11,13-14H2,1-6H3/t17-/m1/s1. The van der Waals surface area contributed by atoms with Crippen LogP contribution in [0.4, 0.5) is 8.78 Å². The van der Waals surface area contributed by atoms with Crippen LogP contribution in [-0.4, -0.2) is 58.7 Å². The Bertz CT molecular complexity index is 1020. The average Bonchev–Trinajstić information content (AvgIpc) is 2.90. The van der Waals surface area contributed by atoms with Crippen molar-refractivity contribution in [1.29, 1.82) is 0 Å². The molecule has 1 aromatic heterocycles. The molecule has 8 heteroatoms. The summed E-state index contributed by atoms with van der Waals surface area (Å²) in [6, 6.07) is 3.37. The summed E-state index contributed by atoms with van der Waals surface area (Å²) in [7, 11) is 5.32. The Morgan fingerprint density at radius 3 is 2.47 bits per heavy atom. The lowest BCUT2D eigenvalue weighted by Crippen LogP contribution is -2.38. The fraction of sp³-hybridized carbons (Fsp3) is 0.542. The smallest absolute Gasteiger partial charge is 0.226 e. The van der Waals surface area contributed by atoms with E-state index in [0.717, 1.165) is 19.0 Å². The van der Waals surface area contributed by atoms with Gasteiger partial charge < -0.3 is 14.4 Å². The van der Waals surface area contributed by atoms with Crippen LogP contribution in [0.15, 0.2) is 18.2 Å². The van der Waals surface area contributed by atoms with Gasteiger partial charge in [-0.25, -0.2) is 13.8 Å². The molecule has 0 spiro atoms. The minimum atomic E-state index is -0.718. The lowest BCUT2D eigenvalue weighted by molar-refractivity contribution is -0.136. The first kappa shape index (κ1) is 24.0. The molecule has 0 saturated heterocycles. The van der Waals surface area contributed by atoms with Gasteiger partial charge in [-0.2, -0.15) is 0 Å². The van der Waals surface area contributed by atoms with Crippen molar-refractivity contribution in [3.05, 3.63) is 41.2 Å². The largest absolute Gasteiger partial charge is 0.349 e. The molecule has 0 fully saturated rings. The van der Waals surface area contributed by atoms with E-state index in [4.69, 9.17) is 0 Å². The first-order valence-electron chi connectivity index (χ1n) is 10.9. The quantitative estimate of drug-likeness (QED) is 0.652. The molecule has 1 aliphatic heterocycles. The molecular formula is C24H32F2N4O2. The molecule has 1 atom stereocenters. The third-order valence-electron chi connectivity index (χ3n) is 6.02. The molecule has 0 unspecified atom stereocenters. The Kier molecular flexibility index (Phi) is 6.83. The number of hydrogen-bond donors (Lipinski definition) is 0. The molecule has 0 radical (unpaired) electrons. The summed E-state index contributed by atoms with van der Waals surface area (Å²) < 4.78 is 30.0. The number of hydrogen-bond acceptors (Lipinski definition) is 4.